The molecule has 0 bridgehead atoms. The minimum Gasteiger partial charge on any atom is -0.465 e. The van der Waals surface area contributed by atoms with Gasteiger partial charge < -0.3 is 18.9 Å². The fourth-order valence-corrected chi connectivity index (χ4v) is 2.30. The molecule has 2 rings (SSSR count). The standard InChI is InChI=1S/C22H24O6/c1-3-21(23)27-16-14-25-13-15-26-17(2)28-20-11-9-19(10-12-20)22(24)18-7-5-4-6-8-18/h3-12,17H,1,13-16H2,2H3. The van der Waals surface area contributed by atoms with Gasteiger partial charge in [-0.15, -0.1) is 0 Å². The first-order chi connectivity index (χ1) is 13.6. The molecule has 2 aromatic rings. The molecule has 1 unspecified atom stereocenters. The van der Waals surface area contributed by atoms with E-state index in [-0.39, 0.29) is 19.0 Å². The molecule has 0 aliphatic heterocycles. The lowest BCUT2D eigenvalue weighted by Gasteiger charge is -2.15. The maximum absolute atomic E-state index is 12.4. The molecule has 148 valence electrons. The number of hydrogen-bond donors (Lipinski definition) is 0. The van der Waals surface area contributed by atoms with Crippen molar-refractivity contribution in [3.05, 3.63) is 78.4 Å². The first-order valence-corrected chi connectivity index (χ1v) is 8.95. The molecule has 0 saturated heterocycles. The second-order valence-corrected chi connectivity index (χ2v) is 5.76. The summed E-state index contributed by atoms with van der Waals surface area (Å²) in [5.41, 5.74) is 1.24. The summed E-state index contributed by atoms with van der Waals surface area (Å²) < 4.78 is 21.2. The van der Waals surface area contributed by atoms with Gasteiger partial charge in [0.05, 0.1) is 19.8 Å². The molecule has 0 aliphatic rings. The van der Waals surface area contributed by atoms with Crippen LogP contribution >= 0.6 is 0 Å². The summed E-state index contributed by atoms with van der Waals surface area (Å²) in [5, 5.41) is 0. The van der Waals surface area contributed by atoms with Gasteiger partial charge in [0.2, 0.25) is 0 Å². The van der Waals surface area contributed by atoms with Crippen molar-refractivity contribution >= 4 is 11.8 Å². The van der Waals surface area contributed by atoms with Crippen LogP contribution in [0, 0.1) is 0 Å². The van der Waals surface area contributed by atoms with Gasteiger partial charge in [-0.05, 0) is 31.2 Å². The Balaban J connectivity index is 1.67. The molecule has 6 nitrogen and oxygen atoms in total. The maximum atomic E-state index is 12.4. The van der Waals surface area contributed by atoms with Crippen molar-refractivity contribution in [1.82, 2.24) is 0 Å². The summed E-state index contributed by atoms with van der Waals surface area (Å²) in [6.07, 6.45) is 0.629. The molecule has 6 heteroatoms. The molecule has 1 atom stereocenters. The summed E-state index contributed by atoms with van der Waals surface area (Å²) in [6, 6.07) is 16.0. The van der Waals surface area contributed by atoms with Crippen LogP contribution in [0.25, 0.3) is 0 Å². The van der Waals surface area contributed by atoms with Gasteiger partial charge in [0.25, 0.3) is 0 Å². The number of benzene rings is 2. The summed E-state index contributed by atoms with van der Waals surface area (Å²) in [5.74, 6) is 0.0973. The molecule has 28 heavy (non-hydrogen) atoms. The van der Waals surface area contributed by atoms with Crippen LogP contribution in [0.2, 0.25) is 0 Å². The van der Waals surface area contributed by atoms with Crippen LogP contribution < -0.4 is 4.74 Å². The molecular weight excluding hydrogens is 360 g/mol. The second-order valence-electron chi connectivity index (χ2n) is 5.76. The molecule has 2 aromatic carbocycles. The van der Waals surface area contributed by atoms with Crippen LogP contribution in [0.15, 0.2) is 67.3 Å². The highest BCUT2D eigenvalue weighted by Gasteiger charge is 2.09. The van der Waals surface area contributed by atoms with E-state index in [9.17, 15) is 9.59 Å². The van der Waals surface area contributed by atoms with Crippen molar-refractivity contribution in [2.75, 3.05) is 26.4 Å². The fraction of sp³-hybridized carbons (Fsp3) is 0.273. The first-order valence-electron chi connectivity index (χ1n) is 8.95. The van der Waals surface area contributed by atoms with E-state index < -0.39 is 12.3 Å². The molecule has 0 amide bonds. The predicted molar refractivity (Wildman–Crippen MR) is 104 cm³/mol. The highest BCUT2D eigenvalue weighted by atomic mass is 16.7. The van der Waals surface area contributed by atoms with Crippen molar-refractivity contribution in [3.8, 4) is 5.75 Å². The predicted octanol–water partition coefficient (Wildman–Crippen LogP) is 3.40. The minimum atomic E-state index is -0.474. The van der Waals surface area contributed by atoms with E-state index >= 15 is 0 Å². The number of esters is 1. The number of carbonyl (C=O) groups excluding carboxylic acids is 2. The van der Waals surface area contributed by atoms with Crippen molar-refractivity contribution < 1.29 is 28.5 Å². The van der Waals surface area contributed by atoms with Crippen molar-refractivity contribution in [2.45, 2.75) is 13.2 Å². The Labute approximate surface area is 164 Å². The topological polar surface area (TPSA) is 71.1 Å². The summed E-state index contributed by atoms with van der Waals surface area (Å²) in [6.45, 7) is 6.22. The van der Waals surface area contributed by atoms with Gasteiger partial charge in [-0.3, -0.25) is 4.79 Å². The van der Waals surface area contributed by atoms with Crippen LogP contribution in [-0.2, 0) is 19.0 Å². The molecule has 0 fully saturated rings. The fourth-order valence-electron chi connectivity index (χ4n) is 2.30. The average Bonchev–Trinajstić information content (AvgIpc) is 2.73. The molecule has 0 aliphatic carbocycles. The van der Waals surface area contributed by atoms with Gasteiger partial charge >= 0.3 is 5.97 Å². The largest absolute Gasteiger partial charge is 0.465 e. The Hall–Kier alpha value is -2.96. The number of ketones is 1. The third-order valence-electron chi connectivity index (χ3n) is 3.67. The normalized spacial score (nSPS) is 11.5. The van der Waals surface area contributed by atoms with Crippen LogP contribution in [-0.4, -0.2) is 44.5 Å². The monoisotopic (exact) mass is 384 g/mol. The molecular formula is C22H24O6. The van der Waals surface area contributed by atoms with Crippen molar-refractivity contribution in [1.29, 1.82) is 0 Å². The Bertz CT molecular complexity index is 754. The van der Waals surface area contributed by atoms with Crippen molar-refractivity contribution in [2.24, 2.45) is 0 Å². The van der Waals surface area contributed by atoms with E-state index in [1.807, 2.05) is 18.2 Å². The number of hydrogen-bond acceptors (Lipinski definition) is 6. The van der Waals surface area contributed by atoms with Crippen LogP contribution in [0.4, 0.5) is 0 Å². The summed E-state index contributed by atoms with van der Waals surface area (Å²) in [4.78, 5) is 23.2. The summed E-state index contributed by atoms with van der Waals surface area (Å²) >= 11 is 0. The number of rotatable bonds is 12. The van der Waals surface area contributed by atoms with E-state index in [2.05, 4.69) is 6.58 Å². The van der Waals surface area contributed by atoms with Gasteiger partial charge in [-0.25, -0.2) is 4.79 Å². The molecule has 0 radical (unpaired) electrons. The van der Waals surface area contributed by atoms with Gasteiger partial charge in [0.15, 0.2) is 12.1 Å². The highest BCUT2D eigenvalue weighted by molar-refractivity contribution is 6.08. The van der Waals surface area contributed by atoms with Gasteiger partial charge in [0.1, 0.15) is 12.4 Å². The number of ether oxygens (including phenoxy) is 4. The molecule has 0 N–H and O–H groups in total. The van der Waals surface area contributed by atoms with Gasteiger partial charge in [0, 0.05) is 17.2 Å². The Morgan fingerprint density at radius 3 is 2.25 bits per heavy atom. The molecule has 0 spiro atoms. The van der Waals surface area contributed by atoms with Crippen LogP contribution in [0.1, 0.15) is 22.8 Å². The zero-order valence-electron chi connectivity index (χ0n) is 15.8. The van der Waals surface area contributed by atoms with E-state index in [0.29, 0.717) is 30.1 Å². The first kappa shape index (κ1) is 21.3. The summed E-state index contributed by atoms with van der Waals surface area (Å²) in [7, 11) is 0. The number of carbonyl (C=O) groups is 2. The van der Waals surface area contributed by atoms with E-state index in [1.54, 1.807) is 43.3 Å². The quantitative estimate of drug-likeness (QED) is 0.184. The van der Waals surface area contributed by atoms with E-state index in [1.165, 1.54) is 0 Å². The third-order valence-corrected chi connectivity index (χ3v) is 3.67. The van der Waals surface area contributed by atoms with Gasteiger partial charge in [-0.1, -0.05) is 36.9 Å². The maximum Gasteiger partial charge on any atom is 0.330 e. The minimum absolute atomic E-state index is 0.0348. The molecule has 0 heterocycles. The van der Waals surface area contributed by atoms with E-state index in [4.69, 9.17) is 18.9 Å². The lowest BCUT2D eigenvalue weighted by molar-refractivity contribution is -0.139. The third kappa shape index (κ3) is 7.34. The average molecular weight is 384 g/mol. The zero-order chi connectivity index (χ0) is 20.2. The van der Waals surface area contributed by atoms with E-state index in [0.717, 1.165) is 6.08 Å². The molecule has 0 saturated carbocycles. The Morgan fingerprint density at radius 2 is 1.57 bits per heavy atom. The highest BCUT2D eigenvalue weighted by Crippen LogP contribution is 2.17. The SMILES string of the molecule is C=CC(=O)OCCOCCOC(C)Oc1ccc(C(=O)c2ccccc2)cc1. The van der Waals surface area contributed by atoms with Crippen LogP contribution in [0.5, 0.6) is 5.75 Å². The lowest BCUT2D eigenvalue weighted by atomic mass is 10.0. The molecule has 0 aromatic heterocycles. The van der Waals surface area contributed by atoms with Crippen molar-refractivity contribution in [3.63, 3.8) is 0 Å². The second kappa shape index (κ2) is 11.7. The smallest absolute Gasteiger partial charge is 0.330 e. The lowest BCUT2D eigenvalue weighted by Crippen LogP contribution is -2.20. The van der Waals surface area contributed by atoms with Crippen LogP contribution in [0.3, 0.4) is 0 Å². The Kier molecular flexibility index (Phi) is 8.91. The van der Waals surface area contributed by atoms with Gasteiger partial charge in [-0.2, -0.15) is 0 Å². The Morgan fingerprint density at radius 1 is 0.929 bits per heavy atom. The zero-order valence-corrected chi connectivity index (χ0v) is 15.8.